The van der Waals surface area contributed by atoms with Gasteiger partial charge in [0.2, 0.25) is 5.78 Å². The van der Waals surface area contributed by atoms with Crippen molar-refractivity contribution in [1.29, 1.82) is 0 Å². The van der Waals surface area contributed by atoms with Crippen molar-refractivity contribution in [2.24, 2.45) is 0 Å². The molecular formula is C35H43FN6O5. The molecule has 2 atom stereocenters. The Morgan fingerprint density at radius 1 is 1.11 bits per heavy atom. The molecule has 250 valence electrons. The van der Waals surface area contributed by atoms with Crippen LogP contribution in [-0.2, 0) is 17.6 Å². The number of halogens is 1. The third-order valence-corrected chi connectivity index (χ3v) is 8.31. The zero-order valence-electron chi connectivity index (χ0n) is 27.8. The minimum atomic E-state index is -0.931. The predicted octanol–water partition coefficient (Wildman–Crippen LogP) is 5.80. The van der Waals surface area contributed by atoms with Gasteiger partial charge in [-0.25, -0.2) is 13.7 Å². The Kier molecular flexibility index (Phi) is 10.2. The first-order valence-electron chi connectivity index (χ1n) is 16.2. The first-order chi connectivity index (χ1) is 22.4. The zero-order chi connectivity index (χ0) is 33.9. The van der Waals surface area contributed by atoms with Gasteiger partial charge in [0.25, 0.3) is 5.56 Å². The van der Waals surface area contributed by atoms with Crippen molar-refractivity contribution in [1.82, 2.24) is 29.3 Å². The number of fused-ring (bicyclic) bond motifs is 1. The molecule has 5 rings (SSSR count). The van der Waals surface area contributed by atoms with Crippen molar-refractivity contribution in [3.05, 3.63) is 91.8 Å². The van der Waals surface area contributed by atoms with Crippen LogP contribution in [0, 0.1) is 12.7 Å². The Morgan fingerprint density at radius 3 is 2.49 bits per heavy atom. The lowest BCUT2D eigenvalue weighted by atomic mass is 9.95. The molecule has 3 aromatic heterocycles. The van der Waals surface area contributed by atoms with Crippen LogP contribution in [-0.4, -0.2) is 52.7 Å². The lowest BCUT2D eigenvalue weighted by Crippen LogP contribution is -2.32. The number of ether oxygens (including phenoxy) is 1. The third-order valence-electron chi connectivity index (χ3n) is 8.31. The number of nitrogens with zero attached hydrogens (tertiary/aromatic N) is 5. The lowest BCUT2D eigenvalue weighted by Gasteiger charge is -2.25. The number of aromatic amines is 1. The second-order valence-electron chi connectivity index (χ2n) is 12.8. The number of H-pyrrole nitrogens is 1. The molecule has 0 radical (unpaired) electrons. The van der Waals surface area contributed by atoms with E-state index in [9.17, 15) is 14.7 Å². The number of aliphatic hydroxyl groups is 1. The van der Waals surface area contributed by atoms with Crippen LogP contribution in [0.4, 0.5) is 4.39 Å². The van der Waals surface area contributed by atoms with Crippen molar-refractivity contribution in [3.63, 3.8) is 0 Å². The number of aryl methyl sites for hydroxylation is 2. The van der Waals surface area contributed by atoms with Crippen LogP contribution >= 0.6 is 0 Å². The minimum absolute atomic E-state index is 0.0729. The number of rotatable bonds is 14. The highest BCUT2D eigenvalue weighted by molar-refractivity contribution is 5.80. The number of benzene rings is 2. The van der Waals surface area contributed by atoms with Gasteiger partial charge in [-0.3, -0.25) is 18.9 Å². The monoisotopic (exact) mass is 646 g/mol. The Labute approximate surface area is 272 Å². The quantitative estimate of drug-likeness (QED) is 0.154. The number of nitrogens with one attached hydrogen (secondary N) is 1. The summed E-state index contributed by atoms with van der Waals surface area (Å²) in [5, 5.41) is 18.6. The summed E-state index contributed by atoms with van der Waals surface area (Å²) >= 11 is 0. The smallest absolute Gasteiger partial charge is 0.388 e. The van der Waals surface area contributed by atoms with Crippen molar-refractivity contribution in [2.75, 3.05) is 6.61 Å². The molecule has 3 heterocycles. The Hall–Kier alpha value is -4.42. The topological polar surface area (TPSA) is 141 Å². The van der Waals surface area contributed by atoms with Crippen LogP contribution in [0.3, 0.4) is 0 Å². The van der Waals surface area contributed by atoms with Gasteiger partial charge in [-0.15, -0.1) is 0 Å². The summed E-state index contributed by atoms with van der Waals surface area (Å²) in [6.45, 7) is 11.5. The van der Waals surface area contributed by atoms with Crippen LogP contribution in [0.1, 0.15) is 89.0 Å². The van der Waals surface area contributed by atoms with E-state index in [4.69, 9.17) is 4.74 Å². The normalized spacial score (nSPS) is 13.4. The second kappa shape index (κ2) is 14.1. The molecule has 2 N–H and O–H groups in total. The zero-order valence-corrected chi connectivity index (χ0v) is 27.8. The summed E-state index contributed by atoms with van der Waals surface area (Å²) in [6, 6.07) is 11.9. The van der Waals surface area contributed by atoms with Crippen LogP contribution < -0.4 is 11.3 Å². The van der Waals surface area contributed by atoms with Gasteiger partial charge in [-0.05, 0) is 76.1 Å². The first-order valence-corrected chi connectivity index (χ1v) is 16.2. The summed E-state index contributed by atoms with van der Waals surface area (Å²) < 4.78 is 30.0. The van der Waals surface area contributed by atoms with Gasteiger partial charge in [-0.2, -0.15) is 10.1 Å². The van der Waals surface area contributed by atoms with Gasteiger partial charge in [0.1, 0.15) is 11.6 Å². The maximum atomic E-state index is 15.9. The number of aromatic nitrogens is 6. The fourth-order valence-electron chi connectivity index (χ4n) is 5.92. The summed E-state index contributed by atoms with van der Waals surface area (Å²) in [6.07, 6.45) is 3.43. The maximum Gasteiger partial charge on any atom is 0.439 e. The molecule has 0 fully saturated rings. The molecule has 12 heteroatoms. The standard InChI is InChI=1S/C35H43FN6O5/c1-7-11-30-28(18-24-16-15-23(19-29(24)36)26-12-9-10-13-27(26)31-38-34(44)47-40-31)32(43)41(33-37-22(4)39-42(30)33)21(3)14-17-25(8-2)46-20-35(5,6)45/h9-10,12-13,15-16,19,21,25,45H,7-8,11,14,17-18,20H2,1-6H3,(H,38,40,44)/t21-,25-/m0/s1. The molecule has 0 spiro atoms. The molecule has 0 aliphatic rings. The average molecular weight is 647 g/mol. The molecule has 47 heavy (non-hydrogen) atoms. The van der Waals surface area contributed by atoms with Gasteiger partial charge < -0.3 is 9.84 Å². The van der Waals surface area contributed by atoms with E-state index >= 15 is 4.39 Å². The van der Waals surface area contributed by atoms with E-state index in [-0.39, 0.29) is 36.6 Å². The molecule has 5 aromatic rings. The summed E-state index contributed by atoms with van der Waals surface area (Å²) in [5.74, 6) is 0.123. The largest absolute Gasteiger partial charge is 0.439 e. The van der Waals surface area contributed by atoms with Gasteiger partial charge in [0.05, 0.1) is 24.0 Å². The molecule has 0 amide bonds. The van der Waals surface area contributed by atoms with Crippen LogP contribution in [0.25, 0.3) is 28.3 Å². The van der Waals surface area contributed by atoms with Gasteiger partial charge in [0, 0.05) is 23.6 Å². The van der Waals surface area contributed by atoms with Crippen molar-refractivity contribution in [2.45, 2.75) is 97.8 Å². The van der Waals surface area contributed by atoms with E-state index in [1.807, 2.05) is 32.9 Å². The van der Waals surface area contributed by atoms with E-state index in [0.29, 0.717) is 58.7 Å². The Bertz CT molecular complexity index is 1970. The van der Waals surface area contributed by atoms with Gasteiger partial charge >= 0.3 is 5.76 Å². The fourth-order valence-corrected chi connectivity index (χ4v) is 5.92. The molecule has 11 nitrogen and oxygen atoms in total. The van der Waals surface area contributed by atoms with E-state index in [0.717, 1.165) is 18.5 Å². The van der Waals surface area contributed by atoms with E-state index < -0.39 is 17.2 Å². The SMILES string of the molecule is CCCc1c(Cc2ccc(-c3ccccc3-c3noc(=O)[nH]3)cc2F)c(=O)n([C@@H](C)CC[C@H](CC)OCC(C)(C)O)c2nc(C)nn12. The van der Waals surface area contributed by atoms with Crippen LogP contribution in [0.5, 0.6) is 0 Å². The highest BCUT2D eigenvalue weighted by Crippen LogP contribution is 2.31. The molecule has 0 bridgehead atoms. The molecule has 0 unspecified atom stereocenters. The molecule has 0 saturated carbocycles. The van der Waals surface area contributed by atoms with E-state index in [2.05, 4.69) is 24.7 Å². The highest BCUT2D eigenvalue weighted by atomic mass is 19.1. The third kappa shape index (κ3) is 7.60. The van der Waals surface area contributed by atoms with Crippen molar-refractivity contribution >= 4 is 5.78 Å². The van der Waals surface area contributed by atoms with E-state index in [1.165, 1.54) is 6.07 Å². The van der Waals surface area contributed by atoms with Crippen LogP contribution in [0.2, 0.25) is 0 Å². The highest BCUT2D eigenvalue weighted by Gasteiger charge is 2.25. The second-order valence-corrected chi connectivity index (χ2v) is 12.8. The number of hydrogen-bond donors (Lipinski definition) is 2. The van der Waals surface area contributed by atoms with Gasteiger partial charge in [-0.1, -0.05) is 61.8 Å². The molecule has 2 aromatic carbocycles. The minimum Gasteiger partial charge on any atom is -0.388 e. The summed E-state index contributed by atoms with van der Waals surface area (Å²) in [4.78, 5) is 33.1. The first kappa shape index (κ1) is 33.9. The molecular weight excluding hydrogens is 603 g/mol. The van der Waals surface area contributed by atoms with Crippen LogP contribution in [0.15, 0.2) is 56.6 Å². The molecule has 0 saturated heterocycles. The maximum absolute atomic E-state index is 15.9. The lowest BCUT2D eigenvalue weighted by molar-refractivity contribution is -0.0571. The Morgan fingerprint density at radius 2 is 1.85 bits per heavy atom. The molecule has 0 aliphatic carbocycles. The average Bonchev–Trinajstić information content (AvgIpc) is 3.64. The Balaban J connectivity index is 1.51. The number of hydrogen-bond acceptors (Lipinski definition) is 8. The van der Waals surface area contributed by atoms with Crippen molar-refractivity contribution < 1.29 is 18.8 Å². The molecule has 0 aliphatic heterocycles. The van der Waals surface area contributed by atoms with E-state index in [1.54, 1.807) is 54.1 Å². The predicted molar refractivity (Wildman–Crippen MR) is 177 cm³/mol. The van der Waals surface area contributed by atoms with Gasteiger partial charge in [0.15, 0.2) is 5.82 Å². The summed E-state index contributed by atoms with van der Waals surface area (Å²) in [7, 11) is 0. The summed E-state index contributed by atoms with van der Waals surface area (Å²) in [5.41, 5.74) is 2.28. The fraction of sp³-hybridized carbons (Fsp3) is 0.457. The van der Waals surface area contributed by atoms with Crippen molar-refractivity contribution in [3.8, 4) is 22.5 Å².